The summed E-state index contributed by atoms with van der Waals surface area (Å²) < 4.78 is 1.32. The standard InChI is InChI=1S/C19H24N6O/c1-11(19-5-12-2-13(6-19)4-14(3-12)7-19)23-17(26)10-25-16(9-21)15(8-20)24-18(25)22/h11-14H,2-7,10H2,1H3,(H2,22,24)(H,23,26)/t11-,12?,13?,14?,19?/m1/s1. The highest BCUT2D eigenvalue weighted by Gasteiger charge is 2.53. The maximum Gasteiger partial charge on any atom is 0.240 e. The molecule has 136 valence electrons. The fraction of sp³-hybridized carbons (Fsp3) is 0.684. The summed E-state index contributed by atoms with van der Waals surface area (Å²) in [7, 11) is 0. The molecule has 0 spiro atoms. The molecule has 5 rings (SSSR count). The van der Waals surface area contributed by atoms with Crippen molar-refractivity contribution in [2.45, 2.75) is 58.0 Å². The zero-order chi connectivity index (χ0) is 18.5. The molecule has 1 amide bonds. The van der Waals surface area contributed by atoms with Crippen LogP contribution in [0.3, 0.4) is 0 Å². The molecule has 4 bridgehead atoms. The molecule has 26 heavy (non-hydrogen) atoms. The molecule has 0 radical (unpaired) electrons. The first-order valence-electron chi connectivity index (χ1n) is 9.39. The SMILES string of the molecule is C[C@@H](NC(=O)Cn1c(N)nc(C#N)c1C#N)C12CC3CC(CC(C3)C1)C2. The van der Waals surface area contributed by atoms with Crippen LogP contribution < -0.4 is 11.1 Å². The van der Waals surface area contributed by atoms with E-state index in [1.165, 1.54) is 43.1 Å². The van der Waals surface area contributed by atoms with Gasteiger partial charge in [-0.3, -0.25) is 9.36 Å². The molecule has 4 aliphatic rings. The molecule has 4 saturated carbocycles. The first-order valence-corrected chi connectivity index (χ1v) is 9.39. The molecule has 4 aliphatic carbocycles. The molecular weight excluding hydrogens is 328 g/mol. The Hall–Kier alpha value is -2.54. The lowest BCUT2D eigenvalue weighted by Crippen LogP contribution is -2.56. The quantitative estimate of drug-likeness (QED) is 0.857. The van der Waals surface area contributed by atoms with Crippen molar-refractivity contribution in [3.05, 3.63) is 11.4 Å². The highest BCUT2D eigenvalue weighted by atomic mass is 16.2. The number of imidazole rings is 1. The molecule has 1 atom stereocenters. The number of aromatic nitrogens is 2. The van der Waals surface area contributed by atoms with E-state index in [9.17, 15) is 10.1 Å². The fourth-order valence-electron chi connectivity index (χ4n) is 6.11. The van der Waals surface area contributed by atoms with Crippen molar-refractivity contribution >= 4 is 11.9 Å². The first kappa shape index (κ1) is 16.9. The van der Waals surface area contributed by atoms with Crippen LogP contribution in [-0.2, 0) is 11.3 Å². The second-order valence-corrected chi connectivity index (χ2v) is 8.55. The van der Waals surface area contributed by atoms with Crippen molar-refractivity contribution in [2.75, 3.05) is 5.73 Å². The van der Waals surface area contributed by atoms with Crippen molar-refractivity contribution in [2.24, 2.45) is 23.2 Å². The topological polar surface area (TPSA) is 121 Å². The van der Waals surface area contributed by atoms with E-state index < -0.39 is 0 Å². The summed E-state index contributed by atoms with van der Waals surface area (Å²) in [5.41, 5.74) is 6.02. The van der Waals surface area contributed by atoms with Gasteiger partial charge in [0.25, 0.3) is 0 Å². The summed E-state index contributed by atoms with van der Waals surface area (Å²) in [5.74, 6) is 2.32. The van der Waals surface area contributed by atoms with E-state index in [0.717, 1.165) is 17.8 Å². The van der Waals surface area contributed by atoms with Gasteiger partial charge < -0.3 is 11.1 Å². The number of hydrogen-bond acceptors (Lipinski definition) is 5. The number of hydrogen-bond donors (Lipinski definition) is 2. The van der Waals surface area contributed by atoms with Gasteiger partial charge in [0, 0.05) is 6.04 Å². The predicted octanol–water partition coefficient (Wildman–Crippen LogP) is 1.93. The first-order chi connectivity index (χ1) is 12.4. The number of carbonyl (C=O) groups excluding carboxylic acids is 1. The Morgan fingerprint density at radius 1 is 1.27 bits per heavy atom. The Labute approximate surface area is 153 Å². The lowest BCUT2D eigenvalue weighted by molar-refractivity contribution is -0.126. The zero-order valence-electron chi connectivity index (χ0n) is 15.0. The second kappa shape index (κ2) is 6.02. The molecule has 1 heterocycles. The molecule has 0 unspecified atom stereocenters. The summed E-state index contributed by atoms with van der Waals surface area (Å²) in [4.78, 5) is 16.5. The molecule has 4 fully saturated rings. The largest absolute Gasteiger partial charge is 0.369 e. The van der Waals surface area contributed by atoms with Gasteiger partial charge in [-0.25, -0.2) is 4.98 Å². The minimum Gasteiger partial charge on any atom is -0.369 e. The van der Waals surface area contributed by atoms with Crippen LogP contribution in [-0.4, -0.2) is 21.5 Å². The van der Waals surface area contributed by atoms with Crippen LogP contribution in [0.5, 0.6) is 0 Å². The number of amides is 1. The zero-order valence-corrected chi connectivity index (χ0v) is 15.0. The van der Waals surface area contributed by atoms with Crippen LogP contribution in [0.25, 0.3) is 0 Å². The van der Waals surface area contributed by atoms with Gasteiger partial charge in [-0.1, -0.05) is 0 Å². The van der Waals surface area contributed by atoms with Crippen LogP contribution in [0.1, 0.15) is 56.8 Å². The van der Waals surface area contributed by atoms with Crippen molar-refractivity contribution < 1.29 is 4.79 Å². The maximum absolute atomic E-state index is 12.6. The van der Waals surface area contributed by atoms with Crippen LogP contribution in [0.15, 0.2) is 0 Å². The molecule has 3 N–H and O–H groups in total. The summed E-state index contributed by atoms with van der Waals surface area (Å²) in [6, 6.07) is 3.87. The Morgan fingerprint density at radius 2 is 1.85 bits per heavy atom. The fourth-order valence-corrected chi connectivity index (χ4v) is 6.11. The van der Waals surface area contributed by atoms with E-state index >= 15 is 0 Å². The number of nitrogen functional groups attached to an aromatic ring is 1. The molecule has 1 aromatic heterocycles. The van der Waals surface area contributed by atoms with E-state index in [4.69, 9.17) is 11.0 Å². The third-order valence-electron chi connectivity index (χ3n) is 6.89. The van der Waals surface area contributed by atoms with Gasteiger partial charge >= 0.3 is 0 Å². The van der Waals surface area contributed by atoms with E-state index in [-0.39, 0.29) is 41.2 Å². The van der Waals surface area contributed by atoms with Gasteiger partial charge in [-0.05, 0) is 68.6 Å². The van der Waals surface area contributed by atoms with Crippen molar-refractivity contribution in [1.82, 2.24) is 14.9 Å². The van der Waals surface area contributed by atoms with Crippen molar-refractivity contribution in [3.8, 4) is 12.1 Å². The van der Waals surface area contributed by atoms with Gasteiger partial charge in [0.2, 0.25) is 11.9 Å². The van der Waals surface area contributed by atoms with Crippen LogP contribution in [0.4, 0.5) is 5.95 Å². The second-order valence-electron chi connectivity index (χ2n) is 8.55. The van der Waals surface area contributed by atoms with E-state index in [1.807, 2.05) is 12.1 Å². The Balaban J connectivity index is 1.47. The maximum atomic E-state index is 12.6. The third kappa shape index (κ3) is 2.63. The number of rotatable bonds is 4. The summed E-state index contributed by atoms with van der Waals surface area (Å²) >= 11 is 0. The molecule has 0 aliphatic heterocycles. The number of nitrogens with zero attached hydrogens (tertiary/aromatic N) is 4. The molecule has 7 nitrogen and oxygen atoms in total. The molecule has 7 heteroatoms. The minimum absolute atomic E-state index is 0.0238. The Kier molecular flexibility index (Phi) is 3.91. The third-order valence-corrected chi connectivity index (χ3v) is 6.89. The van der Waals surface area contributed by atoms with E-state index in [1.54, 1.807) is 0 Å². The van der Waals surface area contributed by atoms with Gasteiger partial charge in [0.1, 0.15) is 18.7 Å². The average molecular weight is 352 g/mol. The number of nitrogens with one attached hydrogen (secondary N) is 1. The monoisotopic (exact) mass is 352 g/mol. The van der Waals surface area contributed by atoms with Crippen LogP contribution in [0.2, 0.25) is 0 Å². The van der Waals surface area contributed by atoms with E-state index in [2.05, 4.69) is 17.2 Å². The Morgan fingerprint density at radius 3 is 2.35 bits per heavy atom. The summed E-state index contributed by atoms with van der Waals surface area (Å²) in [6.45, 7) is 2.04. The highest BCUT2D eigenvalue weighted by Crippen LogP contribution is 2.61. The predicted molar refractivity (Wildman–Crippen MR) is 94.3 cm³/mol. The smallest absolute Gasteiger partial charge is 0.240 e. The number of carbonyl (C=O) groups is 1. The molecule has 1 aromatic rings. The van der Waals surface area contributed by atoms with Crippen LogP contribution >= 0.6 is 0 Å². The minimum atomic E-state index is -0.182. The number of anilines is 1. The van der Waals surface area contributed by atoms with Gasteiger partial charge in [-0.15, -0.1) is 0 Å². The summed E-state index contributed by atoms with van der Waals surface area (Å²) in [5, 5.41) is 21.4. The van der Waals surface area contributed by atoms with E-state index in [0.29, 0.717) is 0 Å². The normalized spacial score (nSPS) is 32.7. The Bertz CT molecular complexity index is 791. The highest BCUT2D eigenvalue weighted by molar-refractivity contribution is 5.77. The van der Waals surface area contributed by atoms with Crippen LogP contribution in [0, 0.1) is 45.8 Å². The molecule has 0 saturated heterocycles. The number of nitrogens with two attached hydrogens (primary N) is 1. The average Bonchev–Trinajstić information content (AvgIpc) is 2.88. The molecular formula is C19H24N6O. The van der Waals surface area contributed by atoms with Crippen molar-refractivity contribution in [1.29, 1.82) is 10.5 Å². The number of nitriles is 2. The summed E-state index contributed by atoms with van der Waals surface area (Å²) in [6.07, 6.45) is 7.76. The lowest BCUT2D eigenvalue weighted by atomic mass is 9.48. The van der Waals surface area contributed by atoms with Gasteiger partial charge in [0.05, 0.1) is 0 Å². The van der Waals surface area contributed by atoms with Crippen molar-refractivity contribution in [3.63, 3.8) is 0 Å². The molecule has 0 aromatic carbocycles. The van der Waals surface area contributed by atoms with Gasteiger partial charge in [0.15, 0.2) is 11.4 Å². The van der Waals surface area contributed by atoms with Gasteiger partial charge in [-0.2, -0.15) is 10.5 Å². The lowest BCUT2D eigenvalue weighted by Gasteiger charge is -2.59.